The molecule has 2 rings (SSSR count). The zero-order valence-electron chi connectivity index (χ0n) is 8.60. The van der Waals surface area contributed by atoms with E-state index in [1.807, 2.05) is 4.90 Å². The molecule has 1 fully saturated rings. The number of amides is 1. The number of aromatic carboxylic acids is 1. The van der Waals surface area contributed by atoms with E-state index in [0.717, 1.165) is 0 Å². The number of anilines is 1. The quantitative estimate of drug-likeness (QED) is 0.755. The molecule has 2 N–H and O–H groups in total. The Morgan fingerprint density at radius 1 is 1.44 bits per heavy atom. The Labute approximate surface area is 91.8 Å². The smallest absolute Gasteiger partial charge is 0.371 e. The number of carbonyl (C=O) groups is 2. The molecule has 1 aromatic heterocycles. The van der Waals surface area contributed by atoms with Gasteiger partial charge in [0.1, 0.15) is 0 Å². The first-order valence-electron chi connectivity index (χ1n) is 5.01. The minimum Gasteiger partial charge on any atom is -0.475 e. The maximum Gasteiger partial charge on any atom is 0.371 e. The van der Waals surface area contributed by atoms with Crippen LogP contribution in [0.2, 0.25) is 0 Å². The largest absolute Gasteiger partial charge is 0.475 e. The zero-order chi connectivity index (χ0) is 11.5. The highest BCUT2D eigenvalue weighted by Crippen LogP contribution is 2.19. The number of hydrogen-bond donors (Lipinski definition) is 2. The van der Waals surface area contributed by atoms with Gasteiger partial charge in [0.15, 0.2) is 5.88 Å². The lowest BCUT2D eigenvalue weighted by Crippen LogP contribution is -2.28. The topological polar surface area (TPSA) is 82.8 Å². The summed E-state index contributed by atoms with van der Waals surface area (Å²) in [5, 5.41) is 11.5. The van der Waals surface area contributed by atoms with Gasteiger partial charge in [-0.3, -0.25) is 4.79 Å². The Morgan fingerprint density at radius 2 is 2.25 bits per heavy atom. The van der Waals surface area contributed by atoms with Crippen molar-refractivity contribution in [2.45, 2.75) is 6.42 Å². The summed E-state index contributed by atoms with van der Waals surface area (Å²) in [5.74, 6) is -0.671. The maximum absolute atomic E-state index is 11.1. The van der Waals surface area contributed by atoms with Gasteiger partial charge in [-0.25, -0.2) is 4.79 Å². The van der Waals surface area contributed by atoms with Crippen LogP contribution in [-0.2, 0) is 4.79 Å². The maximum atomic E-state index is 11.1. The Kier molecular flexibility index (Phi) is 2.80. The van der Waals surface area contributed by atoms with Crippen LogP contribution in [0.25, 0.3) is 0 Å². The molecular weight excluding hydrogens is 212 g/mol. The second-order valence-corrected chi connectivity index (χ2v) is 3.53. The number of furan rings is 1. The second-order valence-electron chi connectivity index (χ2n) is 3.53. The normalized spacial score (nSPS) is 16.8. The van der Waals surface area contributed by atoms with E-state index in [1.54, 1.807) is 6.07 Å². The lowest BCUT2D eigenvalue weighted by molar-refractivity contribution is -0.120. The van der Waals surface area contributed by atoms with Crippen molar-refractivity contribution in [3.63, 3.8) is 0 Å². The van der Waals surface area contributed by atoms with Gasteiger partial charge in [-0.05, 0) is 6.07 Å². The molecule has 0 unspecified atom stereocenters. The number of carboxylic acids is 1. The molecule has 1 aliphatic heterocycles. The predicted molar refractivity (Wildman–Crippen MR) is 55.5 cm³/mol. The molecule has 1 aliphatic rings. The van der Waals surface area contributed by atoms with Crippen LogP contribution < -0.4 is 10.2 Å². The van der Waals surface area contributed by atoms with Crippen LogP contribution in [0, 0.1) is 0 Å². The van der Waals surface area contributed by atoms with Gasteiger partial charge < -0.3 is 19.7 Å². The van der Waals surface area contributed by atoms with Gasteiger partial charge in [-0.2, -0.15) is 0 Å². The summed E-state index contributed by atoms with van der Waals surface area (Å²) in [4.78, 5) is 23.6. The molecule has 86 valence electrons. The lowest BCUT2D eigenvalue weighted by Gasteiger charge is -2.17. The van der Waals surface area contributed by atoms with Gasteiger partial charge in [-0.1, -0.05) is 0 Å². The average molecular weight is 224 g/mol. The third kappa shape index (κ3) is 2.16. The molecule has 0 atom stereocenters. The van der Waals surface area contributed by atoms with E-state index < -0.39 is 5.97 Å². The molecule has 1 amide bonds. The van der Waals surface area contributed by atoms with Crippen LogP contribution in [0.5, 0.6) is 0 Å². The summed E-state index contributed by atoms with van der Waals surface area (Å²) in [6.07, 6.45) is 0.392. The van der Waals surface area contributed by atoms with Crippen molar-refractivity contribution in [1.82, 2.24) is 5.32 Å². The summed E-state index contributed by atoms with van der Waals surface area (Å²) < 4.78 is 5.16. The molecule has 0 bridgehead atoms. The lowest BCUT2D eigenvalue weighted by atomic mass is 10.4. The minimum atomic E-state index is -1.09. The van der Waals surface area contributed by atoms with Gasteiger partial charge in [0.05, 0.1) is 0 Å². The number of nitrogens with one attached hydrogen (secondary N) is 1. The van der Waals surface area contributed by atoms with Gasteiger partial charge in [-0.15, -0.1) is 0 Å². The SMILES string of the molecule is O=C1CCN(c2ccc(C(=O)O)o2)CCN1. The van der Waals surface area contributed by atoms with Crippen molar-refractivity contribution in [1.29, 1.82) is 0 Å². The third-order valence-electron chi connectivity index (χ3n) is 2.43. The van der Waals surface area contributed by atoms with Crippen LogP contribution in [0.1, 0.15) is 17.0 Å². The summed E-state index contributed by atoms with van der Waals surface area (Å²) in [5.41, 5.74) is 0. The predicted octanol–water partition coefficient (Wildman–Crippen LogP) is 0.304. The molecule has 0 spiro atoms. The van der Waals surface area contributed by atoms with Crippen LogP contribution >= 0.6 is 0 Å². The monoisotopic (exact) mass is 224 g/mol. The highest BCUT2D eigenvalue weighted by atomic mass is 16.4. The van der Waals surface area contributed by atoms with E-state index in [0.29, 0.717) is 31.9 Å². The second kappa shape index (κ2) is 4.26. The molecule has 2 heterocycles. The standard InChI is InChI=1S/C10H12N2O4/c13-8-3-5-12(6-4-11-8)9-2-1-7(16-9)10(14)15/h1-2H,3-6H2,(H,11,13)(H,14,15). The fraction of sp³-hybridized carbons (Fsp3) is 0.400. The zero-order valence-corrected chi connectivity index (χ0v) is 8.60. The number of rotatable bonds is 2. The number of carbonyl (C=O) groups excluding carboxylic acids is 1. The number of nitrogens with zero attached hydrogens (tertiary/aromatic N) is 1. The van der Waals surface area contributed by atoms with E-state index >= 15 is 0 Å². The van der Waals surface area contributed by atoms with Crippen molar-refractivity contribution >= 4 is 17.8 Å². The van der Waals surface area contributed by atoms with Crippen molar-refractivity contribution in [3.05, 3.63) is 17.9 Å². The van der Waals surface area contributed by atoms with Gasteiger partial charge in [0, 0.05) is 32.1 Å². The average Bonchev–Trinajstić information content (AvgIpc) is 2.63. The van der Waals surface area contributed by atoms with Crippen molar-refractivity contribution < 1.29 is 19.1 Å². The van der Waals surface area contributed by atoms with Gasteiger partial charge in [0.25, 0.3) is 0 Å². The van der Waals surface area contributed by atoms with E-state index in [4.69, 9.17) is 9.52 Å². The Hall–Kier alpha value is -1.98. The van der Waals surface area contributed by atoms with Crippen LogP contribution in [-0.4, -0.2) is 36.6 Å². The minimum absolute atomic E-state index is 0.00696. The van der Waals surface area contributed by atoms with Crippen LogP contribution in [0.3, 0.4) is 0 Å². The van der Waals surface area contributed by atoms with Crippen molar-refractivity contribution in [2.75, 3.05) is 24.5 Å². The molecule has 0 radical (unpaired) electrons. The summed E-state index contributed by atoms with van der Waals surface area (Å²) in [6, 6.07) is 3.02. The first kappa shape index (κ1) is 10.5. The first-order valence-corrected chi connectivity index (χ1v) is 5.01. The third-order valence-corrected chi connectivity index (χ3v) is 2.43. The van der Waals surface area contributed by atoms with Gasteiger partial charge >= 0.3 is 5.97 Å². The molecule has 16 heavy (non-hydrogen) atoms. The molecule has 0 saturated carbocycles. The van der Waals surface area contributed by atoms with Crippen molar-refractivity contribution in [2.24, 2.45) is 0 Å². The van der Waals surface area contributed by atoms with Crippen LogP contribution in [0.4, 0.5) is 5.88 Å². The van der Waals surface area contributed by atoms with E-state index in [-0.39, 0.29) is 11.7 Å². The Bertz CT molecular complexity index is 413. The van der Waals surface area contributed by atoms with E-state index in [9.17, 15) is 9.59 Å². The fourth-order valence-corrected chi connectivity index (χ4v) is 1.60. The fourth-order valence-electron chi connectivity index (χ4n) is 1.60. The van der Waals surface area contributed by atoms with Crippen LogP contribution in [0.15, 0.2) is 16.5 Å². The molecule has 1 aromatic rings. The first-order chi connectivity index (χ1) is 7.66. The number of hydrogen-bond acceptors (Lipinski definition) is 4. The molecular formula is C10H12N2O4. The summed E-state index contributed by atoms with van der Waals surface area (Å²) >= 11 is 0. The molecule has 6 nitrogen and oxygen atoms in total. The molecule has 0 aliphatic carbocycles. The van der Waals surface area contributed by atoms with E-state index in [2.05, 4.69) is 5.32 Å². The molecule has 6 heteroatoms. The van der Waals surface area contributed by atoms with Gasteiger partial charge in [0.2, 0.25) is 11.7 Å². The molecule has 1 saturated heterocycles. The summed E-state index contributed by atoms with van der Waals surface area (Å²) in [6.45, 7) is 1.71. The van der Waals surface area contributed by atoms with Crippen molar-refractivity contribution in [3.8, 4) is 0 Å². The highest BCUT2D eigenvalue weighted by molar-refractivity contribution is 5.85. The summed E-state index contributed by atoms with van der Waals surface area (Å²) in [7, 11) is 0. The highest BCUT2D eigenvalue weighted by Gasteiger charge is 2.17. The number of carboxylic acid groups (broad SMARTS) is 1. The molecule has 0 aromatic carbocycles. The van der Waals surface area contributed by atoms with E-state index in [1.165, 1.54) is 6.07 Å². The Morgan fingerprint density at radius 3 is 2.94 bits per heavy atom. The Balaban J connectivity index is 2.10.